The number of halogens is 1. The van der Waals surface area contributed by atoms with Crippen molar-refractivity contribution in [2.24, 2.45) is 0 Å². The predicted octanol–water partition coefficient (Wildman–Crippen LogP) is 2.82. The quantitative estimate of drug-likeness (QED) is 0.423. The van der Waals surface area contributed by atoms with Crippen molar-refractivity contribution in [1.82, 2.24) is 0 Å². The molecule has 1 spiro atoms. The molecule has 1 saturated heterocycles. The fourth-order valence-corrected chi connectivity index (χ4v) is 2.24. The molecule has 0 amide bonds. The summed E-state index contributed by atoms with van der Waals surface area (Å²) in [5.41, 5.74) is -0.261. The van der Waals surface area contributed by atoms with E-state index < -0.39 is 5.79 Å². The van der Waals surface area contributed by atoms with Crippen molar-refractivity contribution < 1.29 is 14.5 Å². The average molecular weight is 312 g/mol. The first kappa shape index (κ1) is 11.1. The van der Waals surface area contributed by atoms with Crippen LogP contribution >= 0.6 is 22.6 Å². The molecule has 1 aliphatic carbocycles. The Morgan fingerprint density at radius 1 is 1.14 bits per heavy atom. The Morgan fingerprint density at radius 3 is 2.36 bits per heavy atom. The number of ether oxygens (including phenoxy) is 1. The SMILES string of the molecule is CC1(CI)COC2(CCCCC2)OO1. The molecule has 14 heavy (non-hydrogen) atoms. The van der Waals surface area contributed by atoms with Gasteiger partial charge in [-0.05, 0) is 19.8 Å². The van der Waals surface area contributed by atoms with Crippen molar-refractivity contribution in [3.63, 3.8) is 0 Å². The van der Waals surface area contributed by atoms with Crippen LogP contribution in [0.5, 0.6) is 0 Å². The van der Waals surface area contributed by atoms with E-state index >= 15 is 0 Å². The molecule has 1 aliphatic heterocycles. The zero-order valence-corrected chi connectivity index (χ0v) is 10.7. The van der Waals surface area contributed by atoms with Crippen LogP contribution in [0.1, 0.15) is 39.0 Å². The average Bonchev–Trinajstić information content (AvgIpc) is 2.25. The van der Waals surface area contributed by atoms with Gasteiger partial charge in [0.2, 0.25) is 5.79 Å². The lowest BCUT2D eigenvalue weighted by Gasteiger charge is -2.44. The van der Waals surface area contributed by atoms with E-state index in [-0.39, 0.29) is 5.60 Å². The summed E-state index contributed by atoms with van der Waals surface area (Å²) in [5, 5.41) is 0. The monoisotopic (exact) mass is 312 g/mol. The van der Waals surface area contributed by atoms with E-state index in [1.54, 1.807) is 0 Å². The molecule has 0 aromatic heterocycles. The molecule has 1 heterocycles. The van der Waals surface area contributed by atoms with Crippen molar-refractivity contribution in [3.05, 3.63) is 0 Å². The maximum Gasteiger partial charge on any atom is 0.201 e. The minimum Gasteiger partial charge on any atom is -0.344 e. The lowest BCUT2D eigenvalue weighted by Crippen LogP contribution is -2.52. The van der Waals surface area contributed by atoms with Crippen LogP contribution in [0.15, 0.2) is 0 Å². The fourth-order valence-electron chi connectivity index (χ4n) is 1.89. The summed E-state index contributed by atoms with van der Waals surface area (Å²) in [7, 11) is 0. The van der Waals surface area contributed by atoms with Crippen molar-refractivity contribution in [2.75, 3.05) is 11.0 Å². The van der Waals surface area contributed by atoms with Crippen molar-refractivity contribution in [1.29, 1.82) is 0 Å². The van der Waals surface area contributed by atoms with E-state index in [2.05, 4.69) is 22.6 Å². The molecule has 3 nitrogen and oxygen atoms in total. The fraction of sp³-hybridized carbons (Fsp3) is 1.00. The maximum atomic E-state index is 5.86. The molecule has 0 bridgehead atoms. The Labute approximate surface area is 98.5 Å². The molecule has 1 unspecified atom stereocenters. The van der Waals surface area contributed by atoms with E-state index in [1.165, 1.54) is 19.3 Å². The highest BCUT2D eigenvalue weighted by molar-refractivity contribution is 14.1. The van der Waals surface area contributed by atoms with E-state index in [4.69, 9.17) is 14.5 Å². The second-order valence-electron chi connectivity index (χ2n) is 4.51. The number of alkyl halides is 1. The normalized spacial score (nSPS) is 37.3. The third-order valence-electron chi connectivity index (χ3n) is 2.93. The number of hydrogen-bond donors (Lipinski definition) is 0. The zero-order valence-electron chi connectivity index (χ0n) is 8.55. The molecule has 1 saturated carbocycles. The highest BCUT2D eigenvalue weighted by Gasteiger charge is 2.44. The summed E-state index contributed by atoms with van der Waals surface area (Å²) in [6.07, 6.45) is 5.61. The van der Waals surface area contributed by atoms with Crippen molar-refractivity contribution in [3.8, 4) is 0 Å². The maximum absolute atomic E-state index is 5.86. The van der Waals surface area contributed by atoms with Gasteiger partial charge >= 0.3 is 0 Å². The summed E-state index contributed by atoms with van der Waals surface area (Å²) >= 11 is 2.30. The molecule has 2 aliphatic rings. The van der Waals surface area contributed by atoms with Crippen LogP contribution in [0.2, 0.25) is 0 Å². The number of rotatable bonds is 1. The molecule has 2 fully saturated rings. The van der Waals surface area contributed by atoms with Gasteiger partial charge in [-0.1, -0.05) is 29.0 Å². The molecule has 1 atom stereocenters. The van der Waals surface area contributed by atoms with E-state index in [1.807, 2.05) is 6.92 Å². The molecule has 0 aromatic carbocycles. The third-order valence-corrected chi connectivity index (χ3v) is 4.55. The third kappa shape index (κ3) is 2.23. The van der Waals surface area contributed by atoms with Gasteiger partial charge in [-0.25, -0.2) is 9.78 Å². The summed E-state index contributed by atoms with van der Waals surface area (Å²) in [4.78, 5) is 11.0. The minimum absolute atomic E-state index is 0.261. The highest BCUT2D eigenvalue weighted by Crippen LogP contribution is 2.38. The van der Waals surface area contributed by atoms with Gasteiger partial charge in [-0.15, -0.1) is 0 Å². The molecule has 0 aromatic rings. The number of hydrogen-bond acceptors (Lipinski definition) is 3. The first-order chi connectivity index (χ1) is 6.68. The largest absolute Gasteiger partial charge is 0.344 e. The first-order valence-corrected chi connectivity index (χ1v) is 6.77. The van der Waals surface area contributed by atoms with Crippen LogP contribution < -0.4 is 0 Å². The Bertz CT molecular complexity index is 192. The summed E-state index contributed by atoms with van der Waals surface area (Å²) in [6.45, 7) is 2.67. The van der Waals surface area contributed by atoms with Crippen LogP contribution in [0, 0.1) is 0 Å². The molecular formula is C10H17IO3. The van der Waals surface area contributed by atoms with E-state index in [0.717, 1.165) is 17.3 Å². The Kier molecular flexibility index (Phi) is 3.36. The van der Waals surface area contributed by atoms with Crippen LogP contribution in [-0.4, -0.2) is 22.4 Å². The minimum atomic E-state index is -0.413. The second kappa shape index (κ2) is 4.23. The van der Waals surface area contributed by atoms with Crippen LogP contribution in [0.4, 0.5) is 0 Å². The van der Waals surface area contributed by atoms with Gasteiger partial charge in [-0.3, -0.25) is 0 Å². The molecule has 82 valence electrons. The van der Waals surface area contributed by atoms with Gasteiger partial charge in [0.05, 0.1) is 6.61 Å². The van der Waals surface area contributed by atoms with Crippen molar-refractivity contribution >= 4 is 22.6 Å². The summed E-state index contributed by atoms with van der Waals surface area (Å²) < 4.78 is 6.75. The van der Waals surface area contributed by atoms with Gasteiger partial charge < -0.3 is 4.74 Å². The van der Waals surface area contributed by atoms with Crippen LogP contribution in [0.3, 0.4) is 0 Å². The molecule has 4 heteroatoms. The Morgan fingerprint density at radius 2 is 1.86 bits per heavy atom. The lowest BCUT2D eigenvalue weighted by molar-refractivity contribution is -0.509. The van der Waals surface area contributed by atoms with Gasteiger partial charge in [0, 0.05) is 17.3 Å². The van der Waals surface area contributed by atoms with Crippen LogP contribution in [0.25, 0.3) is 0 Å². The van der Waals surface area contributed by atoms with E-state index in [9.17, 15) is 0 Å². The molecule has 0 N–H and O–H groups in total. The second-order valence-corrected chi connectivity index (χ2v) is 5.27. The van der Waals surface area contributed by atoms with Gasteiger partial charge in [0.1, 0.15) is 5.60 Å². The van der Waals surface area contributed by atoms with Gasteiger partial charge in [-0.2, -0.15) is 0 Å². The molecule has 0 radical (unpaired) electrons. The van der Waals surface area contributed by atoms with Gasteiger partial charge in [0.15, 0.2) is 0 Å². The van der Waals surface area contributed by atoms with E-state index in [0.29, 0.717) is 6.61 Å². The molecular weight excluding hydrogens is 295 g/mol. The standard InChI is InChI=1S/C10H17IO3/c1-9(7-11)8-12-10(14-13-9)5-3-2-4-6-10/h2-8H2,1H3. The Balaban J connectivity index is 1.93. The van der Waals surface area contributed by atoms with Crippen LogP contribution in [-0.2, 0) is 14.5 Å². The smallest absolute Gasteiger partial charge is 0.201 e. The Hall–Kier alpha value is 0.610. The predicted molar refractivity (Wildman–Crippen MR) is 61.2 cm³/mol. The summed E-state index contributed by atoms with van der Waals surface area (Å²) in [5.74, 6) is -0.413. The lowest BCUT2D eigenvalue weighted by atomic mass is 9.94. The van der Waals surface area contributed by atoms with Crippen molar-refractivity contribution in [2.45, 2.75) is 50.4 Å². The highest BCUT2D eigenvalue weighted by atomic mass is 127. The first-order valence-electron chi connectivity index (χ1n) is 5.25. The molecule has 2 rings (SSSR count). The topological polar surface area (TPSA) is 27.7 Å². The zero-order chi connectivity index (χ0) is 10.1. The summed E-state index contributed by atoms with van der Waals surface area (Å²) in [6, 6.07) is 0. The van der Waals surface area contributed by atoms with Gasteiger partial charge in [0.25, 0.3) is 0 Å².